The Morgan fingerprint density at radius 1 is 1.04 bits per heavy atom. The van der Waals surface area contributed by atoms with E-state index in [0.717, 1.165) is 18.4 Å². The van der Waals surface area contributed by atoms with Crippen LogP contribution in [0, 0.1) is 0 Å². The van der Waals surface area contributed by atoms with Crippen molar-refractivity contribution < 1.29 is 19.1 Å². The highest BCUT2D eigenvalue weighted by Gasteiger charge is 2.15. The van der Waals surface area contributed by atoms with Gasteiger partial charge in [0.15, 0.2) is 6.61 Å². The summed E-state index contributed by atoms with van der Waals surface area (Å²) in [5.74, 6) is -0.195. The summed E-state index contributed by atoms with van der Waals surface area (Å²) in [4.78, 5) is 24.2. The van der Waals surface area contributed by atoms with Crippen LogP contribution in [0.15, 0.2) is 42.5 Å². The van der Waals surface area contributed by atoms with Gasteiger partial charge in [0.05, 0.1) is 18.7 Å². The minimum Gasteiger partial charge on any atom is -0.497 e. The number of hydrogen-bond acceptors (Lipinski definition) is 4. The number of hydrogen-bond donors (Lipinski definition) is 1. The molecule has 0 aromatic heterocycles. The highest BCUT2D eigenvalue weighted by Crippen LogP contribution is 2.24. The lowest BCUT2D eigenvalue weighted by molar-refractivity contribution is -0.124. The van der Waals surface area contributed by atoms with Gasteiger partial charge in [0.1, 0.15) is 5.75 Å². The normalized spacial score (nSPS) is 14.0. The number of ether oxygens (including phenoxy) is 2. The van der Waals surface area contributed by atoms with Crippen LogP contribution in [0.1, 0.15) is 52.9 Å². The van der Waals surface area contributed by atoms with Crippen LogP contribution in [-0.4, -0.2) is 25.6 Å². The molecule has 1 atom stereocenters. The van der Waals surface area contributed by atoms with Crippen molar-refractivity contribution in [3.63, 3.8) is 0 Å². The van der Waals surface area contributed by atoms with Gasteiger partial charge in [0.25, 0.3) is 5.91 Å². The SMILES string of the molecule is COc1ccc(C(=O)OCC(=O)N[C@H](C)c2ccc3c(c2)CCCC3)cc1. The van der Waals surface area contributed by atoms with Crippen molar-refractivity contribution >= 4 is 11.9 Å². The molecular formula is C22H25NO4. The number of amides is 1. The van der Waals surface area contributed by atoms with Gasteiger partial charge in [-0.3, -0.25) is 4.79 Å². The highest BCUT2D eigenvalue weighted by molar-refractivity contribution is 5.91. The third-order valence-electron chi connectivity index (χ3n) is 4.91. The third kappa shape index (κ3) is 4.88. The summed E-state index contributed by atoms with van der Waals surface area (Å²) in [5, 5.41) is 2.89. The van der Waals surface area contributed by atoms with Crippen molar-refractivity contribution in [1.29, 1.82) is 0 Å². The molecule has 1 N–H and O–H groups in total. The first-order chi connectivity index (χ1) is 13.1. The van der Waals surface area contributed by atoms with E-state index >= 15 is 0 Å². The molecule has 0 saturated carbocycles. The van der Waals surface area contributed by atoms with Crippen LogP contribution in [0.25, 0.3) is 0 Å². The molecule has 2 aromatic rings. The lowest BCUT2D eigenvalue weighted by atomic mass is 9.89. The van der Waals surface area contributed by atoms with Crippen LogP contribution in [0.3, 0.4) is 0 Å². The number of fused-ring (bicyclic) bond motifs is 1. The second-order valence-corrected chi connectivity index (χ2v) is 6.83. The maximum Gasteiger partial charge on any atom is 0.338 e. The summed E-state index contributed by atoms with van der Waals surface area (Å²) in [5.41, 5.74) is 4.25. The van der Waals surface area contributed by atoms with Crippen molar-refractivity contribution in [3.8, 4) is 5.75 Å². The first kappa shape index (κ1) is 19.0. The van der Waals surface area contributed by atoms with Crippen molar-refractivity contribution in [3.05, 3.63) is 64.7 Å². The maximum atomic E-state index is 12.1. The van der Waals surface area contributed by atoms with E-state index in [9.17, 15) is 9.59 Å². The van der Waals surface area contributed by atoms with Crippen LogP contribution in [0.2, 0.25) is 0 Å². The number of rotatable bonds is 6. The number of benzene rings is 2. The molecular weight excluding hydrogens is 342 g/mol. The van der Waals surface area contributed by atoms with Crippen LogP contribution in [-0.2, 0) is 22.4 Å². The Morgan fingerprint density at radius 3 is 2.44 bits per heavy atom. The van der Waals surface area contributed by atoms with E-state index < -0.39 is 5.97 Å². The van der Waals surface area contributed by atoms with Gasteiger partial charge in [-0.25, -0.2) is 4.79 Å². The Balaban J connectivity index is 1.51. The second-order valence-electron chi connectivity index (χ2n) is 6.83. The monoisotopic (exact) mass is 367 g/mol. The van der Waals surface area contributed by atoms with Crippen molar-refractivity contribution in [2.24, 2.45) is 0 Å². The zero-order valence-electron chi connectivity index (χ0n) is 15.8. The molecule has 5 nitrogen and oxygen atoms in total. The average Bonchev–Trinajstić information content (AvgIpc) is 2.71. The molecule has 27 heavy (non-hydrogen) atoms. The topological polar surface area (TPSA) is 64.6 Å². The fourth-order valence-corrected chi connectivity index (χ4v) is 3.33. The summed E-state index contributed by atoms with van der Waals surface area (Å²) in [6.07, 6.45) is 4.71. The quantitative estimate of drug-likeness (QED) is 0.792. The maximum absolute atomic E-state index is 12.1. The minimum absolute atomic E-state index is 0.135. The van der Waals surface area contributed by atoms with E-state index in [1.165, 1.54) is 24.0 Å². The number of carbonyl (C=O) groups excluding carboxylic acids is 2. The van der Waals surface area contributed by atoms with Gasteiger partial charge in [0, 0.05) is 0 Å². The van der Waals surface area contributed by atoms with E-state index in [2.05, 4.69) is 23.5 Å². The smallest absolute Gasteiger partial charge is 0.338 e. The van der Waals surface area contributed by atoms with Gasteiger partial charge < -0.3 is 14.8 Å². The van der Waals surface area contributed by atoms with Crippen LogP contribution < -0.4 is 10.1 Å². The van der Waals surface area contributed by atoms with Gasteiger partial charge in [-0.1, -0.05) is 18.2 Å². The Labute approximate surface area is 159 Å². The molecule has 1 aliphatic carbocycles. The fourth-order valence-electron chi connectivity index (χ4n) is 3.33. The minimum atomic E-state index is -0.533. The Morgan fingerprint density at radius 2 is 1.74 bits per heavy atom. The predicted molar refractivity (Wildman–Crippen MR) is 103 cm³/mol. The average molecular weight is 367 g/mol. The Kier molecular flexibility index (Phi) is 6.12. The zero-order chi connectivity index (χ0) is 19.2. The summed E-state index contributed by atoms with van der Waals surface area (Å²) in [6.45, 7) is 1.63. The van der Waals surface area contributed by atoms with Crippen LogP contribution >= 0.6 is 0 Å². The molecule has 0 spiro atoms. The molecule has 0 bridgehead atoms. The highest BCUT2D eigenvalue weighted by atomic mass is 16.5. The van der Waals surface area contributed by atoms with Crippen molar-refractivity contribution in [2.75, 3.05) is 13.7 Å². The Bertz CT molecular complexity index is 814. The van der Waals surface area contributed by atoms with Gasteiger partial charge in [-0.15, -0.1) is 0 Å². The van der Waals surface area contributed by atoms with E-state index in [4.69, 9.17) is 9.47 Å². The van der Waals surface area contributed by atoms with E-state index in [-0.39, 0.29) is 18.6 Å². The molecule has 0 unspecified atom stereocenters. The molecule has 0 fully saturated rings. The number of esters is 1. The fraction of sp³-hybridized carbons (Fsp3) is 0.364. The van der Waals surface area contributed by atoms with Gasteiger partial charge in [-0.05, 0) is 73.6 Å². The van der Waals surface area contributed by atoms with Gasteiger partial charge in [0.2, 0.25) is 0 Å². The zero-order valence-corrected chi connectivity index (χ0v) is 15.8. The number of carbonyl (C=O) groups is 2. The molecule has 0 aliphatic heterocycles. The molecule has 1 aliphatic rings. The third-order valence-corrected chi connectivity index (χ3v) is 4.91. The largest absolute Gasteiger partial charge is 0.497 e. The van der Waals surface area contributed by atoms with Crippen LogP contribution in [0.4, 0.5) is 0 Å². The molecule has 2 aromatic carbocycles. The number of nitrogens with one attached hydrogen (secondary N) is 1. The summed E-state index contributed by atoms with van der Waals surface area (Å²) < 4.78 is 10.2. The first-order valence-electron chi connectivity index (χ1n) is 9.29. The molecule has 3 rings (SSSR count). The van der Waals surface area contributed by atoms with Crippen molar-refractivity contribution in [2.45, 2.75) is 38.6 Å². The second kappa shape index (κ2) is 8.71. The van der Waals surface area contributed by atoms with Crippen molar-refractivity contribution in [1.82, 2.24) is 5.32 Å². The van der Waals surface area contributed by atoms with E-state index in [0.29, 0.717) is 11.3 Å². The standard InChI is InChI=1S/C22H25NO4/c1-15(18-8-7-16-5-3-4-6-19(16)13-18)23-21(24)14-27-22(25)17-9-11-20(26-2)12-10-17/h7-13,15H,3-6,14H2,1-2H3,(H,23,24)/t15-/m1/s1. The summed E-state index contributed by atoms with van der Waals surface area (Å²) >= 11 is 0. The lowest BCUT2D eigenvalue weighted by Crippen LogP contribution is -2.31. The van der Waals surface area contributed by atoms with Gasteiger partial charge >= 0.3 is 5.97 Å². The molecule has 0 heterocycles. The van der Waals surface area contributed by atoms with E-state index in [1.807, 2.05) is 6.92 Å². The molecule has 0 saturated heterocycles. The molecule has 1 amide bonds. The number of aryl methyl sites for hydroxylation is 2. The molecule has 0 radical (unpaired) electrons. The van der Waals surface area contributed by atoms with E-state index in [1.54, 1.807) is 31.4 Å². The summed E-state index contributed by atoms with van der Waals surface area (Å²) in [7, 11) is 1.56. The predicted octanol–water partition coefficient (Wildman–Crippen LogP) is 3.61. The summed E-state index contributed by atoms with van der Waals surface area (Å²) in [6, 6.07) is 12.8. The lowest BCUT2D eigenvalue weighted by Gasteiger charge is -2.20. The molecule has 142 valence electrons. The Hall–Kier alpha value is -2.82. The molecule has 5 heteroatoms. The first-order valence-corrected chi connectivity index (χ1v) is 9.29. The van der Waals surface area contributed by atoms with Crippen LogP contribution in [0.5, 0.6) is 5.75 Å². The number of methoxy groups -OCH3 is 1. The van der Waals surface area contributed by atoms with Gasteiger partial charge in [-0.2, -0.15) is 0 Å².